The minimum absolute atomic E-state index is 0.0646. The molecule has 38 heavy (non-hydrogen) atoms. The van der Waals surface area contributed by atoms with E-state index in [4.69, 9.17) is 9.15 Å². The number of benzene rings is 2. The summed E-state index contributed by atoms with van der Waals surface area (Å²) in [5.41, 5.74) is 5.25. The SMILES string of the molecule is CC1=C2[C@@H](CC/C(=C/c3ccc(CO)o3)c3ccccc3)OC[C@@H]2[C@@H]2C(=O)N(c3ccccc3)C(=O)[C@@H]2C1. The molecule has 0 saturated carbocycles. The number of hydrogen-bond donors (Lipinski definition) is 1. The van der Waals surface area contributed by atoms with Gasteiger partial charge in [0.25, 0.3) is 0 Å². The fraction of sp³-hybridized carbons (Fsp3) is 0.312. The van der Waals surface area contributed by atoms with Crippen molar-refractivity contribution in [2.45, 2.75) is 38.9 Å². The zero-order valence-electron chi connectivity index (χ0n) is 21.4. The van der Waals surface area contributed by atoms with E-state index >= 15 is 0 Å². The lowest BCUT2D eigenvalue weighted by molar-refractivity contribution is -0.122. The Morgan fingerprint density at radius 1 is 0.974 bits per heavy atom. The summed E-state index contributed by atoms with van der Waals surface area (Å²) < 4.78 is 12.1. The molecular weight excluding hydrogens is 478 g/mol. The molecule has 3 aromatic rings. The van der Waals surface area contributed by atoms with Crippen LogP contribution in [0.1, 0.15) is 43.3 Å². The van der Waals surface area contributed by atoms with Crippen molar-refractivity contribution in [1.29, 1.82) is 0 Å². The normalized spacial score (nSPS) is 25.2. The quantitative estimate of drug-likeness (QED) is 0.330. The molecule has 6 rings (SSSR count). The fourth-order valence-corrected chi connectivity index (χ4v) is 6.43. The van der Waals surface area contributed by atoms with Crippen LogP contribution >= 0.6 is 0 Å². The summed E-state index contributed by atoms with van der Waals surface area (Å²) in [6.45, 7) is 2.42. The van der Waals surface area contributed by atoms with Crippen molar-refractivity contribution >= 4 is 29.2 Å². The smallest absolute Gasteiger partial charge is 0.238 e. The van der Waals surface area contributed by atoms with Crippen molar-refractivity contribution in [3.63, 3.8) is 0 Å². The van der Waals surface area contributed by atoms with Crippen LogP contribution in [0.2, 0.25) is 0 Å². The first-order valence-corrected chi connectivity index (χ1v) is 13.2. The van der Waals surface area contributed by atoms with Crippen molar-refractivity contribution in [3.8, 4) is 0 Å². The molecule has 3 aliphatic rings. The van der Waals surface area contributed by atoms with Crippen LogP contribution in [0.5, 0.6) is 0 Å². The highest BCUT2D eigenvalue weighted by molar-refractivity contribution is 6.22. The number of furan rings is 1. The maximum absolute atomic E-state index is 13.6. The van der Waals surface area contributed by atoms with Gasteiger partial charge < -0.3 is 14.3 Å². The van der Waals surface area contributed by atoms with Crippen LogP contribution in [0.3, 0.4) is 0 Å². The number of imide groups is 1. The Bertz CT molecular complexity index is 1400. The van der Waals surface area contributed by atoms with E-state index in [-0.39, 0.29) is 42.3 Å². The fourth-order valence-electron chi connectivity index (χ4n) is 6.43. The molecule has 6 heteroatoms. The number of aliphatic hydroxyl groups is 1. The third kappa shape index (κ3) is 4.34. The molecule has 0 bridgehead atoms. The summed E-state index contributed by atoms with van der Waals surface area (Å²) in [5, 5.41) is 9.38. The minimum Gasteiger partial charge on any atom is -0.459 e. The van der Waals surface area contributed by atoms with Crippen molar-refractivity contribution in [1.82, 2.24) is 0 Å². The zero-order chi connectivity index (χ0) is 26.2. The van der Waals surface area contributed by atoms with Gasteiger partial charge in [0.15, 0.2) is 0 Å². The average molecular weight is 510 g/mol. The van der Waals surface area contributed by atoms with Crippen LogP contribution < -0.4 is 4.90 Å². The highest BCUT2D eigenvalue weighted by Gasteiger charge is 2.56. The molecule has 1 aromatic heterocycles. The largest absolute Gasteiger partial charge is 0.459 e. The van der Waals surface area contributed by atoms with E-state index in [1.165, 1.54) is 16.0 Å². The zero-order valence-corrected chi connectivity index (χ0v) is 21.4. The first kappa shape index (κ1) is 24.6. The lowest BCUT2D eigenvalue weighted by Gasteiger charge is -2.30. The van der Waals surface area contributed by atoms with Crippen LogP contribution in [0.4, 0.5) is 5.69 Å². The topological polar surface area (TPSA) is 80.0 Å². The van der Waals surface area contributed by atoms with Gasteiger partial charge in [-0.1, -0.05) is 54.1 Å². The van der Waals surface area contributed by atoms with Gasteiger partial charge in [0.05, 0.1) is 30.2 Å². The number of nitrogens with zero attached hydrogens (tertiary/aromatic N) is 1. The predicted molar refractivity (Wildman–Crippen MR) is 145 cm³/mol. The second-order valence-electron chi connectivity index (χ2n) is 10.4. The van der Waals surface area contributed by atoms with Gasteiger partial charge in [-0.15, -0.1) is 0 Å². The third-order valence-electron chi connectivity index (χ3n) is 8.14. The van der Waals surface area contributed by atoms with Crippen molar-refractivity contribution in [3.05, 3.63) is 101 Å². The first-order chi connectivity index (χ1) is 18.5. The number of hydrogen-bond acceptors (Lipinski definition) is 5. The molecule has 0 radical (unpaired) electrons. The van der Waals surface area contributed by atoms with Gasteiger partial charge in [-0.05, 0) is 73.2 Å². The Hall–Kier alpha value is -3.74. The summed E-state index contributed by atoms with van der Waals surface area (Å²) in [7, 11) is 0. The van der Waals surface area contributed by atoms with Crippen molar-refractivity contribution in [2.24, 2.45) is 17.8 Å². The van der Waals surface area contributed by atoms with Crippen LogP contribution in [0.15, 0.2) is 88.4 Å². The van der Waals surface area contributed by atoms with E-state index in [0.717, 1.165) is 24.0 Å². The summed E-state index contributed by atoms with van der Waals surface area (Å²) in [6, 6.07) is 23.1. The maximum Gasteiger partial charge on any atom is 0.238 e. The Morgan fingerprint density at radius 3 is 2.42 bits per heavy atom. The van der Waals surface area contributed by atoms with Gasteiger partial charge in [-0.2, -0.15) is 0 Å². The number of ether oxygens (including phenoxy) is 1. The standard InChI is InChI=1S/C32H31NO5/c1-20-16-26-30(32(36)33(31(26)35)23-10-6-3-7-11-23)27-19-37-28(29(20)27)15-12-22(21-8-4-2-5-9-21)17-24-13-14-25(18-34)38-24/h2-11,13-14,17,26-28,30,34H,12,15-16,18-19H2,1H3/b22-17-/t26-,27+,28-,30-/m1/s1. The molecule has 2 aromatic carbocycles. The number of fused-ring (bicyclic) bond motifs is 3. The van der Waals surface area contributed by atoms with Gasteiger partial charge in [0.1, 0.15) is 18.1 Å². The van der Waals surface area contributed by atoms with Gasteiger partial charge >= 0.3 is 0 Å². The van der Waals surface area contributed by atoms with Gasteiger partial charge in [-0.25, -0.2) is 0 Å². The second kappa shape index (κ2) is 10.2. The number of anilines is 1. The minimum atomic E-state index is -0.365. The second-order valence-corrected chi connectivity index (χ2v) is 10.4. The van der Waals surface area contributed by atoms with E-state index in [9.17, 15) is 14.7 Å². The van der Waals surface area contributed by atoms with E-state index in [2.05, 4.69) is 19.1 Å². The molecule has 1 N–H and O–H groups in total. The Balaban J connectivity index is 1.24. The molecule has 0 unspecified atom stereocenters. The summed E-state index contributed by atoms with van der Waals surface area (Å²) >= 11 is 0. The van der Waals surface area contributed by atoms with E-state index in [1.54, 1.807) is 6.07 Å². The number of aliphatic hydroxyl groups excluding tert-OH is 1. The first-order valence-electron chi connectivity index (χ1n) is 13.2. The lowest BCUT2D eigenvalue weighted by atomic mass is 9.70. The molecule has 1 aliphatic carbocycles. The summed E-state index contributed by atoms with van der Waals surface area (Å²) in [5.74, 6) is 0.281. The molecular formula is C32H31NO5. The molecule has 6 nitrogen and oxygen atoms in total. The number of para-hydroxylation sites is 1. The van der Waals surface area contributed by atoms with Gasteiger partial charge in [0.2, 0.25) is 11.8 Å². The Kier molecular flexibility index (Phi) is 6.60. The van der Waals surface area contributed by atoms with E-state index < -0.39 is 0 Å². The summed E-state index contributed by atoms with van der Waals surface area (Å²) in [6.07, 6.45) is 4.05. The van der Waals surface area contributed by atoms with Gasteiger partial charge in [-0.3, -0.25) is 14.5 Å². The van der Waals surface area contributed by atoms with Crippen LogP contribution in [0.25, 0.3) is 11.6 Å². The number of carbonyl (C=O) groups is 2. The molecule has 2 fully saturated rings. The number of carbonyl (C=O) groups excluding carboxylic acids is 2. The molecule has 3 heterocycles. The summed E-state index contributed by atoms with van der Waals surface area (Å²) in [4.78, 5) is 28.3. The Morgan fingerprint density at radius 2 is 1.71 bits per heavy atom. The molecule has 0 spiro atoms. The highest BCUT2D eigenvalue weighted by Crippen LogP contribution is 2.50. The molecule has 2 aliphatic heterocycles. The van der Waals surface area contributed by atoms with Crippen molar-refractivity contribution in [2.75, 3.05) is 11.5 Å². The van der Waals surface area contributed by atoms with Crippen molar-refractivity contribution < 1.29 is 23.8 Å². The number of allylic oxidation sites excluding steroid dienone is 2. The Labute approximate surface area is 222 Å². The maximum atomic E-state index is 13.6. The molecule has 2 amide bonds. The third-order valence-corrected chi connectivity index (χ3v) is 8.14. The number of amides is 2. The van der Waals surface area contributed by atoms with E-state index in [1.807, 2.05) is 60.7 Å². The van der Waals surface area contributed by atoms with Crippen LogP contribution in [-0.4, -0.2) is 29.6 Å². The molecule has 194 valence electrons. The molecule has 2 saturated heterocycles. The van der Waals surface area contributed by atoms with E-state index in [0.29, 0.717) is 30.2 Å². The van der Waals surface area contributed by atoms with Crippen LogP contribution in [0, 0.1) is 17.8 Å². The van der Waals surface area contributed by atoms with Gasteiger partial charge in [0, 0.05) is 5.92 Å². The monoisotopic (exact) mass is 509 g/mol. The molecule has 4 atom stereocenters. The average Bonchev–Trinajstić information content (AvgIpc) is 3.64. The highest BCUT2D eigenvalue weighted by atomic mass is 16.5. The number of rotatable bonds is 7. The predicted octanol–water partition coefficient (Wildman–Crippen LogP) is 5.63. The lowest BCUT2D eigenvalue weighted by Crippen LogP contribution is -2.34. The van der Waals surface area contributed by atoms with Crippen LogP contribution in [-0.2, 0) is 20.9 Å².